The van der Waals surface area contributed by atoms with Crippen LogP contribution in [0, 0.1) is 11.7 Å². The fourth-order valence-electron chi connectivity index (χ4n) is 1.97. The Balaban J connectivity index is 2.06. The van der Waals surface area contributed by atoms with Gasteiger partial charge in [0.2, 0.25) is 5.91 Å². The fraction of sp³-hybridized carbons (Fsp3) is 0.417. The second-order valence-corrected chi connectivity index (χ2v) is 4.96. The minimum absolute atomic E-state index is 0.0861. The molecule has 0 spiro atoms. The summed E-state index contributed by atoms with van der Waals surface area (Å²) < 4.78 is 13.0. The Morgan fingerprint density at radius 1 is 1.47 bits per heavy atom. The van der Waals surface area contributed by atoms with Gasteiger partial charge in [0.15, 0.2) is 0 Å². The molecule has 2 nitrogen and oxygen atoms in total. The second kappa shape index (κ2) is 5.23. The van der Waals surface area contributed by atoms with Crippen molar-refractivity contribution in [3.05, 3.63) is 34.6 Å². The Labute approximate surface area is 109 Å². The monoisotopic (exact) mass is 275 g/mol. The van der Waals surface area contributed by atoms with Gasteiger partial charge in [0.05, 0.1) is 5.02 Å². The zero-order valence-corrected chi connectivity index (χ0v) is 10.6. The molecule has 1 saturated heterocycles. The van der Waals surface area contributed by atoms with Gasteiger partial charge < -0.3 is 4.90 Å². The lowest BCUT2D eigenvalue weighted by Crippen LogP contribution is -2.24. The van der Waals surface area contributed by atoms with Gasteiger partial charge in [-0.25, -0.2) is 4.39 Å². The van der Waals surface area contributed by atoms with Crippen molar-refractivity contribution in [3.63, 3.8) is 0 Å². The van der Waals surface area contributed by atoms with Crippen LogP contribution in [-0.4, -0.2) is 23.2 Å². The van der Waals surface area contributed by atoms with Gasteiger partial charge in [0, 0.05) is 25.4 Å². The molecule has 1 aliphatic heterocycles. The van der Waals surface area contributed by atoms with Crippen LogP contribution in [0.5, 0.6) is 0 Å². The van der Waals surface area contributed by atoms with E-state index < -0.39 is 5.82 Å². The van der Waals surface area contributed by atoms with E-state index >= 15 is 0 Å². The summed E-state index contributed by atoms with van der Waals surface area (Å²) in [7, 11) is 0. The van der Waals surface area contributed by atoms with Gasteiger partial charge in [-0.3, -0.25) is 4.79 Å². The number of hydrogen-bond donors (Lipinski definition) is 0. The summed E-state index contributed by atoms with van der Waals surface area (Å²) in [6.45, 7) is 1.13. The Kier molecular flexibility index (Phi) is 3.89. The van der Waals surface area contributed by atoms with E-state index in [4.69, 9.17) is 23.2 Å². The quantitative estimate of drug-likeness (QED) is 0.777. The Morgan fingerprint density at radius 2 is 2.24 bits per heavy atom. The number of hydrogen-bond acceptors (Lipinski definition) is 1. The van der Waals surface area contributed by atoms with Crippen LogP contribution in [0.3, 0.4) is 0 Å². The SMILES string of the molecule is O=C1CC(CCl)CN1Cc1ccc(F)c(Cl)c1. The third-order valence-electron chi connectivity index (χ3n) is 2.87. The molecule has 1 amide bonds. The normalized spacial score (nSPS) is 20.1. The predicted molar refractivity (Wildman–Crippen MR) is 65.7 cm³/mol. The van der Waals surface area contributed by atoms with Crippen LogP contribution < -0.4 is 0 Å². The molecule has 1 atom stereocenters. The summed E-state index contributed by atoms with van der Waals surface area (Å²) in [6.07, 6.45) is 0.498. The van der Waals surface area contributed by atoms with Gasteiger partial charge in [0.1, 0.15) is 5.82 Å². The number of halogens is 3. The Morgan fingerprint density at radius 3 is 2.82 bits per heavy atom. The van der Waals surface area contributed by atoms with E-state index in [9.17, 15) is 9.18 Å². The first-order valence-electron chi connectivity index (χ1n) is 5.38. The molecule has 0 radical (unpaired) electrons. The zero-order valence-electron chi connectivity index (χ0n) is 9.13. The maximum absolute atomic E-state index is 13.0. The molecule has 0 bridgehead atoms. The first kappa shape index (κ1) is 12.7. The number of carbonyl (C=O) groups is 1. The maximum Gasteiger partial charge on any atom is 0.223 e. The number of amides is 1. The summed E-state index contributed by atoms with van der Waals surface area (Å²) in [5.74, 6) is 0.366. The highest BCUT2D eigenvalue weighted by Crippen LogP contribution is 2.23. The van der Waals surface area contributed by atoms with Crippen LogP contribution >= 0.6 is 23.2 Å². The van der Waals surface area contributed by atoms with Crippen molar-refractivity contribution in [3.8, 4) is 0 Å². The average molecular weight is 276 g/mol. The third-order valence-corrected chi connectivity index (χ3v) is 3.60. The van der Waals surface area contributed by atoms with Crippen molar-refractivity contribution in [2.75, 3.05) is 12.4 Å². The van der Waals surface area contributed by atoms with Crippen LogP contribution in [0.15, 0.2) is 18.2 Å². The highest BCUT2D eigenvalue weighted by atomic mass is 35.5. The van der Waals surface area contributed by atoms with Crippen molar-refractivity contribution < 1.29 is 9.18 Å². The van der Waals surface area contributed by atoms with E-state index in [0.29, 0.717) is 25.4 Å². The topological polar surface area (TPSA) is 20.3 Å². The highest BCUT2D eigenvalue weighted by Gasteiger charge is 2.28. The van der Waals surface area contributed by atoms with Crippen molar-refractivity contribution in [2.24, 2.45) is 5.92 Å². The molecule has 1 aromatic rings. The van der Waals surface area contributed by atoms with Crippen LogP contribution in [0.25, 0.3) is 0 Å². The van der Waals surface area contributed by atoms with Gasteiger partial charge in [-0.15, -0.1) is 11.6 Å². The lowest BCUT2D eigenvalue weighted by Gasteiger charge is -2.16. The molecule has 0 N–H and O–H groups in total. The molecule has 1 heterocycles. The van der Waals surface area contributed by atoms with Crippen LogP contribution in [0.1, 0.15) is 12.0 Å². The smallest absolute Gasteiger partial charge is 0.223 e. The molecule has 1 aliphatic rings. The van der Waals surface area contributed by atoms with Crippen molar-refractivity contribution in [2.45, 2.75) is 13.0 Å². The third kappa shape index (κ3) is 2.90. The van der Waals surface area contributed by atoms with E-state index in [1.807, 2.05) is 0 Å². The molecule has 2 rings (SSSR count). The van der Waals surface area contributed by atoms with Gasteiger partial charge in [-0.05, 0) is 23.6 Å². The molecule has 1 unspecified atom stereocenters. The molecule has 0 saturated carbocycles. The summed E-state index contributed by atoms with van der Waals surface area (Å²) in [6, 6.07) is 4.51. The Hall–Kier alpha value is -0.800. The molecule has 5 heteroatoms. The molecule has 92 valence electrons. The van der Waals surface area contributed by atoms with Crippen molar-refractivity contribution in [1.82, 2.24) is 4.90 Å². The number of carbonyl (C=O) groups excluding carboxylic acids is 1. The number of likely N-dealkylation sites (tertiary alicyclic amines) is 1. The highest BCUT2D eigenvalue weighted by molar-refractivity contribution is 6.30. The van der Waals surface area contributed by atoms with E-state index in [0.717, 1.165) is 5.56 Å². The maximum atomic E-state index is 13.0. The fourth-order valence-corrected chi connectivity index (χ4v) is 2.38. The molecular formula is C12H12Cl2FNO. The van der Waals surface area contributed by atoms with Crippen LogP contribution in [0.4, 0.5) is 4.39 Å². The Bertz CT molecular complexity index is 439. The molecule has 1 aromatic carbocycles. The van der Waals surface area contributed by atoms with Crippen LogP contribution in [0.2, 0.25) is 5.02 Å². The molecule has 0 aliphatic carbocycles. The van der Waals surface area contributed by atoms with E-state index in [-0.39, 0.29) is 16.8 Å². The number of rotatable bonds is 3. The molecule has 1 fully saturated rings. The molecule has 0 aromatic heterocycles. The van der Waals surface area contributed by atoms with Gasteiger partial charge in [-0.2, -0.15) is 0 Å². The summed E-state index contributed by atoms with van der Waals surface area (Å²) in [5.41, 5.74) is 0.833. The summed E-state index contributed by atoms with van der Waals surface area (Å²) in [4.78, 5) is 13.4. The number of benzene rings is 1. The van der Waals surface area contributed by atoms with Gasteiger partial charge >= 0.3 is 0 Å². The van der Waals surface area contributed by atoms with Crippen LogP contribution in [-0.2, 0) is 11.3 Å². The first-order chi connectivity index (χ1) is 8.10. The minimum Gasteiger partial charge on any atom is -0.338 e. The lowest BCUT2D eigenvalue weighted by molar-refractivity contribution is -0.128. The first-order valence-corrected chi connectivity index (χ1v) is 6.29. The standard InChI is InChI=1S/C12H12Cl2FNO/c13-5-9-4-12(17)16(7-9)6-8-1-2-11(15)10(14)3-8/h1-3,9H,4-7H2. The molecule has 17 heavy (non-hydrogen) atoms. The van der Waals surface area contributed by atoms with E-state index in [1.165, 1.54) is 6.07 Å². The van der Waals surface area contributed by atoms with E-state index in [2.05, 4.69) is 0 Å². The minimum atomic E-state index is -0.443. The zero-order chi connectivity index (χ0) is 12.4. The van der Waals surface area contributed by atoms with Crippen molar-refractivity contribution >= 4 is 29.1 Å². The average Bonchev–Trinajstić information content (AvgIpc) is 2.65. The van der Waals surface area contributed by atoms with Gasteiger partial charge in [-0.1, -0.05) is 17.7 Å². The molecular weight excluding hydrogens is 264 g/mol. The second-order valence-electron chi connectivity index (χ2n) is 4.25. The summed E-state index contributed by atoms with van der Waals surface area (Å²) >= 11 is 11.4. The summed E-state index contributed by atoms with van der Waals surface area (Å²) in [5, 5.41) is 0.0861. The lowest BCUT2D eigenvalue weighted by atomic mass is 10.1. The number of alkyl halides is 1. The number of nitrogens with zero attached hydrogens (tertiary/aromatic N) is 1. The van der Waals surface area contributed by atoms with E-state index in [1.54, 1.807) is 17.0 Å². The van der Waals surface area contributed by atoms with Gasteiger partial charge in [0.25, 0.3) is 0 Å². The predicted octanol–water partition coefficient (Wildman–Crippen LogP) is 3.07. The van der Waals surface area contributed by atoms with Crippen molar-refractivity contribution in [1.29, 1.82) is 0 Å². The largest absolute Gasteiger partial charge is 0.338 e.